The first-order valence-corrected chi connectivity index (χ1v) is 12.7. The molecule has 2 aromatic heterocycles. The summed E-state index contributed by atoms with van der Waals surface area (Å²) in [5.41, 5.74) is 2.16. The molecule has 4 aromatic rings. The molecule has 42 heavy (non-hydrogen) atoms. The van der Waals surface area contributed by atoms with Gasteiger partial charge in [0.15, 0.2) is 17.8 Å². The van der Waals surface area contributed by atoms with Gasteiger partial charge in [-0.05, 0) is 43.3 Å². The molecule has 2 aromatic carbocycles. The summed E-state index contributed by atoms with van der Waals surface area (Å²) in [4.78, 5) is 17.4. The van der Waals surface area contributed by atoms with Crippen LogP contribution < -0.4 is 16.7 Å². The van der Waals surface area contributed by atoms with Crippen molar-refractivity contribution >= 4 is 29.2 Å². The maximum Gasteiger partial charge on any atom is 0.416 e. The number of anilines is 1. The fourth-order valence-corrected chi connectivity index (χ4v) is 3.96. The smallest absolute Gasteiger partial charge is 0.382 e. The van der Waals surface area contributed by atoms with Gasteiger partial charge in [-0.25, -0.2) is 9.48 Å². The van der Waals surface area contributed by atoms with Crippen molar-refractivity contribution < 1.29 is 31.4 Å². The second-order valence-electron chi connectivity index (χ2n) is 9.42. The summed E-state index contributed by atoms with van der Waals surface area (Å²) >= 11 is 12.2. The number of halogens is 8. The lowest BCUT2D eigenvalue weighted by Crippen LogP contribution is -2.55. The lowest BCUT2D eigenvalue weighted by atomic mass is 10.0. The van der Waals surface area contributed by atoms with Crippen LogP contribution >= 0.6 is 23.2 Å². The zero-order chi connectivity index (χ0) is 31.0. The van der Waals surface area contributed by atoms with E-state index in [1.165, 1.54) is 36.4 Å². The Morgan fingerprint density at radius 1 is 1.02 bits per heavy atom. The third-order valence-corrected chi connectivity index (χ3v) is 6.61. The molecule has 4 rings (SSSR count). The molecule has 0 saturated carbocycles. The predicted octanol–water partition coefficient (Wildman–Crippen LogP) is 4.26. The van der Waals surface area contributed by atoms with Crippen LogP contribution in [0.4, 0.5) is 32.3 Å². The van der Waals surface area contributed by atoms with Crippen LogP contribution in [0.1, 0.15) is 12.7 Å². The second-order valence-corrected chi connectivity index (χ2v) is 10.3. The Bertz CT molecular complexity index is 1610. The molecule has 0 fully saturated rings. The highest BCUT2D eigenvalue weighted by atomic mass is 35.5. The Kier molecular flexibility index (Phi) is 8.64. The molecule has 2 atom stereocenters. The van der Waals surface area contributed by atoms with Crippen LogP contribution in [0, 0.1) is 0 Å². The predicted molar refractivity (Wildman–Crippen MR) is 142 cm³/mol. The summed E-state index contributed by atoms with van der Waals surface area (Å²) in [7, 11) is 0. The first-order chi connectivity index (χ1) is 19.5. The molecule has 0 saturated heterocycles. The molecule has 10 nitrogen and oxygen atoms in total. The van der Waals surface area contributed by atoms with E-state index in [1.54, 1.807) is 12.1 Å². The summed E-state index contributed by atoms with van der Waals surface area (Å²) in [6, 6.07) is 11.9. The number of nitrogens with zero attached hydrogens (tertiary/aromatic N) is 6. The van der Waals surface area contributed by atoms with Crippen LogP contribution in [0.25, 0.3) is 17.1 Å². The van der Waals surface area contributed by atoms with Crippen LogP contribution in [0.5, 0.6) is 0 Å². The Hall–Kier alpha value is -3.60. The van der Waals surface area contributed by atoms with Gasteiger partial charge in [0.1, 0.15) is 12.1 Å². The first kappa shape index (κ1) is 31.3. The van der Waals surface area contributed by atoms with Crippen molar-refractivity contribution in [2.24, 2.45) is 5.73 Å². The van der Waals surface area contributed by atoms with Gasteiger partial charge in [-0.15, -0.1) is 10.2 Å². The Morgan fingerprint density at radius 3 is 2.26 bits per heavy atom. The molecule has 0 aliphatic carbocycles. The van der Waals surface area contributed by atoms with Gasteiger partial charge < -0.3 is 16.2 Å². The van der Waals surface area contributed by atoms with E-state index in [1.807, 2.05) is 0 Å². The van der Waals surface area contributed by atoms with Gasteiger partial charge in [0, 0.05) is 17.1 Å². The molecule has 2 heterocycles. The van der Waals surface area contributed by atoms with E-state index >= 15 is 0 Å². The van der Waals surface area contributed by atoms with Crippen molar-refractivity contribution in [3.8, 4) is 17.1 Å². The number of aliphatic hydroxyl groups is 1. The molecule has 226 valence electrons. The van der Waals surface area contributed by atoms with Crippen LogP contribution in [-0.4, -0.2) is 64.8 Å². The summed E-state index contributed by atoms with van der Waals surface area (Å²) in [5.74, 6) is -0.584. The van der Waals surface area contributed by atoms with Gasteiger partial charge in [-0.1, -0.05) is 35.3 Å². The molecule has 0 bridgehead atoms. The lowest BCUT2D eigenvalue weighted by molar-refractivity contribution is -0.207. The molecule has 0 spiro atoms. The number of aromatic nitrogens is 6. The Labute approximate surface area is 243 Å². The molecular weight excluding hydrogens is 617 g/mol. The number of benzene rings is 2. The van der Waals surface area contributed by atoms with E-state index in [2.05, 4.69) is 20.5 Å². The van der Waals surface area contributed by atoms with Gasteiger partial charge in [0.2, 0.25) is 5.95 Å². The van der Waals surface area contributed by atoms with Gasteiger partial charge in [0.05, 0.1) is 17.3 Å². The third-order valence-electron chi connectivity index (χ3n) is 6.04. The number of hydrogen-bond donors (Lipinski definition) is 3. The van der Waals surface area contributed by atoms with Crippen LogP contribution in [0.2, 0.25) is 10.0 Å². The van der Waals surface area contributed by atoms with E-state index < -0.39 is 49.3 Å². The minimum atomic E-state index is -5.03. The molecule has 0 aliphatic rings. The first-order valence-electron chi connectivity index (χ1n) is 12.0. The average Bonchev–Trinajstić information content (AvgIpc) is 3.43. The second kappa shape index (κ2) is 11.6. The van der Waals surface area contributed by atoms with Gasteiger partial charge >= 0.3 is 18.0 Å². The quantitative estimate of drug-likeness (QED) is 0.234. The highest BCUT2D eigenvalue weighted by Gasteiger charge is 2.48. The largest absolute Gasteiger partial charge is 0.416 e. The number of nitrogens with one attached hydrogen (secondary N) is 1. The van der Waals surface area contributed by atoms with E-state index in [0.717, 1.165) is 16.3 Å². The van der Waals surface area contributed by atoms with Crippen molar-refractivity contribution in [2.45, 2.75) is 44.0 Å². The molecule has 0 radical (unpaired) electrons. The summed E-state index contributed by atoms with van der Waals surface area (Å²) < 4.78 is 82.0. The van der Waals surface area contributed by atoms with Gasteiger partial charge in [-0.2, -0.15) is 36.0 Å². The molecule has 4 N–H and O–H groups in total. The standard InChI is InChI=1S/C24H22Cl2F6N8O2/c1-22(33,24(30,31)32)12-34-20-35-18(36-40(20)16-5-3-2-4-15(16)26)11-39-21(42)38(10-17(41)23(27,28)29)19(37-39)13-6-8-14(25)9-7-13/h2-9,17,41H,10-12,33H2,1H3,(H,34,35,36). The molecular formula is C24H22Cl2F6N8O2. The molecule has 2 unspecified atom stereocenters. The average molecular weight is 639 g/mol. The van der Waals surface area contributed by atoms with E-state index in [4.69, 9.17) is 28.9 Å². The highest BCUT2D eigenvalue weighted by molar-refractivity contribution is 6.32. The number of hydrogen-bond acceptors (Lipinski definition) is 7. The Balaban J connectivity index is 1.76. The minimum absolute atomic E-state index is 0.158. The molecule has 0 amide bonds. The third kappa shape index (κ3) is 6.72. The zero-order valence-electron chi connectivity index (χ0n) is 21.5. The molecule has 18 heteroatoms. The topological polar surface area (TPSA) is 129 Å². The maximum absolute atomic E-state index is 13.4. The van der Waals surface area contributed by atoms with Crippen LogP contribution in [0.3, 0.4) is 0 Å². The SMILES string of the molecule is CC(N)(CNc1nc(Cn2nc(-c3ccc(Cl)cc3)n(CC(O)C(F)(F)F)c2=O)nn1-c1ccccc1Cl)C(F)(F)F. The van der Waals surface area contributed by atoms with Crippen molar-refractivity contribution in [1.29, 1.82) is 0 Å². The van der Waals surface area contributed by atoms with E-state index in [-0.39, 0.29) is 33.9 Å². The minimum Gasteiger partial charge on any atom is -0.382 e. The van der Waals surface area contributed by atoms with Crippen molar-refractivity contribution in [2.75, 3.05) is 11.9 Å². The van der Waals surface area contributed by atoms with Crippen LogP contribution in [-0.2, 0) is 13.1 Å². The summed E-state index contributed by atoms with van der Waals surface area (Å²) in [6.07, 6.45) is -12.7. The van der Waals surface area contributed by atoms with Crippen molar-refractivity contribution in [3.05, 3.63) is 74.9 Å². The zero-order valence-corrected chi connectivity index (χ0v) is 23.0. The number of alkyl halides is 6. The normalized spacial score (nSPS) is 14.5. The maximum atomic E-state index is 13.4. The summed E-state index contributed by atoms with van der Waals surface area (Å²) in [6.45, 7) is -1.72. The van der Waals surface area contributed by atoms with Crippen LogP contribution in [0.15, 0.2) is 53.3 Å². The van der Waals surface area contributed by atoms with Crippen molar-refractivity contribution in [1.82, 2.24) is 29.1 Å². The van der Waals surface area contributed by atoms with E-state index in [9.17, 15) is 36.2 Å². The van der Waals surface area contributed by atoms with Gasteiger partial charge in [0.25, 0.3) is 0 Å². The monoisotopic (exact) mass is 638 g/mol. The number of para-hydroxylation sites is 1. The highest BCUT2D eigenvalue weighted by Crippen LogP contribution is 2.29. The number of aliphatic hydroxyl groups excluding tert-OH is 1. The molecule has 0 aliphatic heterocycles. The Morgan fingerprint density at radius 2 is 1.67 bits per heavy atom. The summed E-state index contributed by atoms with van der Waals surface area (Å²) in [5, 5.41) is 21.0. The fraction of sp³-hybridized carbons (Fsp3) is 0.333. The fourth-order valence-electron chi connectivity index (χ4n) is 3.62. The van der Waals surface area contributed by atoms with Gasteiger partial charge in [-0.3, -0.25) is 4.57 Å². The van der Waals surface area contributed by atoms with Crippen molar-refractivity contribution in [3.63, 3.8) is 0 Å². The lowest BCUT2D eigenvalue weighted by Gasteiger charge is -2.27. The number of nitrogens with two attached hydrogens (primary N) is 1. The number of rotatable bonds is 9. The van der Waals surface area contributed by atoms with E-state index in [0.29, 0.717) is 9.59 Å².